The SMILES string of the molecule is CCCCN(C#N)c1ccc(N2Cc3cccc(NC(=O)c4ccc(Cl)s4)c3C2=O)cc1. The highest BCUT2D eigenvalue weighted by Gasteiger charge is 2.31. The van der Waals surface area contributed by atoms with Gasteiger partial charge in [0.1, 0.15) is 0 Å². The van der Waals surface area contributed by atoms with Crippen LogP contribution in [0.25, 0.3) is 0 Å². The number of carbonyl (C=O) groups is 2. The number of fused-ring (bicyclic) bond motifs is 1. The van der Waals surface area contributed by atoms with Crippen LogP contribution in [0.5, 0.6) is 0 Å². The Morgan fingerprint density at radius 1 is 1.22 bits per heavy atom. The van der Waals surface area contributed by atoms with Gasteiger partial charge in [-0.1, -0.05) is 37.1 Å². The Hall–Kier alpha value is -3.34. The zero-order valence-electron chi connectivity index (χ0n) is 17.5. The van der Waals surface area contributed by atoms with Gasteiger partial charge in [0, 0.05) is 12.2 Å². The molecule has 1 aliphatic heterocycles. The number of hydrogen-bond donors (Lipinski definition) is 1. The largest absolute Gasteiger partial charge is 0.321 e. The fourth-order valence-corrected chi connectivity index (χ4v) is 4.60. The molecule has 0 fully saturated rings. The molecule has 8 heteroatoms. The minimum absolute atomic E-state index is 0.170. The number of nitrogens with zero attached hydrogens (tertiary/aromatic N) is 3. The molecule has 2 heterocycles. The summed E-state index contributed by atoms with van der Waals surface area (Å²) >= 11 is 7.12. The molecule has 32 heavy (non-hydrogen) atoms. The predicted octanol–water partition coefficient (Wildman–Crippen LogP) is 5.90. The van der Waals surface area contributed by atoms with E-state index in [1.807, 2.05) is 36.4 Å². The summed E-state index contributed by atoms with van der Waals surface area (Å²) in [5.41, 5.74) is 3.37. The van der Waals surface area contributed by atoms with E-state index >= 15 is 0 Å². The van der Waals surface area contributed by atoms with Crippen molar-refractivity contribution in [1.29, 1.82) is 5.26 Å². The molecule has 0 bridgehead atoms. The van der Waals surface area contributed by atoms with Crippen LogP contribution in [0.1, 0.15) is 45.4 Å². The quantitative estimate of drug-likeness (QED) is 0.348. The molecule has 162 valence electrons. The molecule has 0 spiro atoms. The van der Waals surface area contributed by atoms with Crippen LogP contribution in [0.15, 0.2) is 54.6 Å². The number of nitrogens with one attached hydrogen (secondary N) is 1. The van der Waals surface area contributed by atoms with E-state index in [1.165, 1.54) is 11.3 Å². The lowest BCUT2D eigenvalue weighted by Crippen LogP contribution is -2.24. The number of amides is 2. The van der Waals surface area contributed by atoms with Gasteiger partial charge >= 0.3 is 0 Å². The number of benzene rings is 2. The lowest BCUT2D eigenvalue weighted by Gasteiger charge is -2.19. The van der Waals surface area contributed by atoms with Crippen LogP contribution in [0, 0.1) is 11.5 Å². The first-order valence-electron chi connectivity index (χ1n) is 10.3. The standard InChI is InChI=1S/C24H21ClN4O2S/c1-2-3-13-28(15-26)17-7-9-18(10-8-17)29-14-16-5-4-6-19(22(16)24(29)31)27-23(30)20-11-12-21(25)32-20/h4-12H,2-3,13-14H2,1H3,(H,27,30). The maximum atomic E-state index is 13.2. The third-order valence-electron chi connectivity index (χ3n) is 5.31. The lowest BCUT2D eigenvalue weighted by molar-refractivity contribution is 0.0997. The van der Waals surface area contributed by atoms with Crippen molar-refractivity contribution in [3.05, 3.63) is 74.9 Å². The average molecular weight is 465 g/mol. The molecule has 0 atom stereocenters. The lowest BCUT2D eigenvalue weighted by atomic mass is 10.1. The van der Waals surface area contributed by atoms with E-state index in [0.717, 1.165) is 29.8 Å². The molecular weight excluding hydrogens is 444 g/mol. The van der Waals surface area contributed by atoms with Crippen LogP contribution in [0.3, 0.4) is 0 Å². The van der Waals surface area contributed by atoms with Crippen molar-refractivity contribution in [1.82, 2.24) is 0 Å². The summed E-state index contributed by atoms with van der Waals surface area (Å²) in [4.78, 5) is 29.6. The number of thiophene rings is 1. The monoisotopic (exact) mass is 464 g/mol. The molecule has 4 rings (SSSR count). The number of anilines is 3. The van der Waals surface area contributed by atoms with Crippen molar-refractivity contribution in [2.75, 3.05) is 21.7 Å². The molecule has 6 nitrogen and oxygen atoms in total. The minimum Gasteiger partial charge on any atom is -0.321 e. The maximum Gasteiger partial charge on any atom is 0.265 e. The molecule has 0 unspecified atom stereocenters. The molecule has 0 saturated carbocycles. The van der Waals surface area contributed by atoms with Crippen LogP contribution in [-0.4, -0.2) is 18.4 Å². The Balaban J connectivity index is 1.54. The number of nitriles is 1. The van der Waals surface area contributed by atoms with Crippen LogP contribution in [0.4, 0.5) is 17.1 Å². The van der Waals surface area contributed by atoms with Crippen LogP contribution >= 0.6 is 22.9 Å². The second-order valence-corrected chi connectivity index (χ2v) is 9.13. The summed E-state index contributed by atoms with van der Waals surface area (Å²) in [6.45, 7) is 3.17. The van der Waals surface area contributed by atoms with Crippen molar-refractivity contribution < 1.29 is 9.59 Å². The van der Waals surface area contributed by atoms with E-state index < -0.39 is 0 Å². The summed E-state index contributed by atoms with van der Waals surface area (Å²) < 4.78 is 0.531. The molecule has 1 N–H and O–H groups in total. The Morgan fingerprint density at radius 2 is 2.00 bits per heavy atom. The molecule has 2 aromatic carbocycles. The van der Waals surface area contributed by atoms with Gasteiger partial charge in [-0.15, -0.1) is 11.3 Å². The second-order valence-electron chi connectivity index (χ2n) is 7.41. The van der Waals surface area contributed by atoms with Crippen molar-refractivity contribution >= 4 is 51.8 Å². The molecule has 2 amide bonds. The van der Waals surface area contributed by atoms with Crippen molar-refractivity contribution in [3.63, 3.8) is 0 Å². The molecule has 1 aliphatic rings. The summed E-state index contributed by atoms with van der Waals surface area (Å²) in [6, 6.07) is 16.2. The fraction of sp³-hybridized carbons (Fsp3) is 0.208. The number of hydrogen-bond acceptors (Lipinski definition) is 5. The van der Waals surface area contributed by atoms with Gasteiger partial charge < -0.3 is 10.2 Å². The van der Waals surface area contributed by atoms with Crippen LogP contribution in [-0.2, 0) is 6.54 Å². The molecule has 1 aromatic heterocycles. The van der Waals surface area contributed by atoms with Gasteiger partial charge in [-0.05, 0) is 54.4 Å². The third kappa shape index (κ3) is 4.33. The third-order valence-corrected chi connectivity index (χ3v) is 6.54. The summed E-state index contributed by atoms with van der Waals surface area (Å²) in [6.07, 6.45) is 4.15. The minimum atomic E-state index is -0.297. The molecule has 0 radical (unpaired) electrons. The first-order valence-corrected chi connectivity index (χ1v) is 11.5. The number of halogens is 1. The highest BCUT2D eigenvalue weighted by molar-refractivity contribution is 7.18. The molecular formula is C24H21ClN4O2S. The highest BCUT2D eigenvalue weighted by atomic mass is 35.5. The van der Waals surface area contributed by atoms with Gasteiger partial charge in [-0.2, -0.15) is 5.26 Å². The Kier molecular flexibility index (Phi) is 6.45. The fourth-order valence-electron chi connectivity index (χ4n) is 3.66. The zero-order chi connectivity index (χ0) is 22.7. The zero-order valence-corrected chi connectivity index (χ0v) is 19.0. The smallest absolute Gasteiger partial charge is 0.265 e. The molecule has 0 saturated heterocycles. The van der Waals surface area contributed by atoms with Gasteiger partial charge in [0.15, 0.2) is 6.19 Å². The summed E-state index contributed by atoms with van der Waals surface area (Å²) in [5.74, 6) is -0.467. The average Bonchev–Trinajstić information content (AvgIpc) is 3.39. The number of carbonyl (C=O) groups excluding carboxylic acids is 2. The first-order chi connectivity index (χ1) is 15.5. The summed E-state index contributed by atoms with van der Waals surface area (Å²) in [7, 11) is 0. The van der Waals surface area contributed by atoms with E-state index in [2.05, 4.69) is 18.4 Å². The van der Waals surface area contributed by atoms with Crippen molar-refractivity contribution in [2.24, 2.45) is 0 Å². The van der Waals surface area contributed by atoms with E-state index in [-0.39, 0.29) is 11.8 Å². The molecule has 3 aromatic rings. The van der Waals surface area contributed by atoms with E-state index in [4.69, 9.17) is 11.6 Å². The predicted molar refractivity (Wildman–Crippen MR) is 129 cm³/mol. The highest BCUT2D eigenvalue weighted by Crippen LogP contribution is 2.34. The number of unbranched alkanes of at least 4 members (excludes halogenated alkanes) is 1. The van der Waals surface area contributed by atoms with Gasteiger partial charge in [0.2, 0.25) is 0 Å². The van der Waals surface area contributed by atoms with Gasteiger partial charge in [0.05, 0.1) is 32.7 Å². The topological polar surface area (TPSA) is 76.4 Å². The van der Waals surface area contributed by atoms with Crippen molar-refractivity contribution in [3.8, 4) is 6.19 Å². The Morgan fingerprint density at radius 3 is 2.66 bits per heavy atom. The van der Waals surface area contributed by atoms with Gasteiger partial charge in [-0.25, -0.2) is 0 Å². The van der Waals surface area contributed by atoms with E-state index in [1.54, 1.807) is 28.0 Å². The second kappa shape index (κ2) is 9.43. The Bertz CT molecular complexity index is 1200. The first kappa shape index (κ1) is 21.9. The number of rotatable bonds is 7. The van der Waals surface area contributed by atoms with Crippen molar-refractivity contribution in [2.45, 2.75) is 26.3 Å². The van der Waals surface area contributed by atoms with E-state index in [9.17, 15) is 14.9 Å². The molecule has 0 aliphatic carbocycles. The maximum absolute atomic E-state index is 13.2. The van der Waals surface area contributed by atoms with Gasteiger partial charge in [-0.3, -0.25) is 14.5 Å². The normalized spacial score (nSPS) is 12.4. The van der Waals surface area contributed by atoms with Crippen LogP contribution < -0.4 is 15.1 Å². The van der Waals surface area contributed by atoms with E-state index in [0.29, 0.717) is 33.6 Å². The van der Waals surface area contributed by atoms with Gasteiger partial charge in [0.25, 0.3) is 11.8 Å². The van der Waals surface area contributed by atoms with Crippen LogP contribution in [0.2, 0.25) is 4.34 Å². The Labute approximate surface area is 195 Å². The summed E-state index contributed by atoms with van der Waals surface area (Å²) in [5, 5.41) is 12.3.